The summed E-state index contributed by atoms with van der Waals surface area (Å²) in [5, 5.41) is 3.55. The Balaban J connectivity index is 1.51. The van der Waals surface area contributed by atoms with E-state index in [1.807, 2.05) is 66.4 Å². The van der Waals surface area contributed by atoms with Crippen molar-refractivity contribution >= 4 is 23.4 Å². The zero-order chi connectivity index (χ0) is 19.2. The van der Waals surface area contributed by atoms with Gasteiger partial charge < -0.3 is 10.2 Å². The number of nitrogens with one attached hydrogen (secondary N) is 1. The van der Waals surface area contributed by atoms with E-state index in [1.165, 1.54) is 0 Å². The standard InChI is InChI=1S/C22H25ClN2O2/c1-16(18-7-9-19(23)10-8-18)25(20-11-12-20)22(27)13-14-24-21(26)15-17-5-3-2-4-6-17/h2-10,16,20H,11-15H2,1H3,(H,24,26). The number of benzene rings is 2. The molecular formula is C22H25ClN2O2. The fraction of sp³-hybridized carbons (Fsp3) is 0.364. The molecule has 0 bridgehead atoms. The Hall–Kier alpha value is -2.33. The molecule has 0 heterocycles. The van der Waals surface area contributed by atoms with Crippen LogP contribution in [0.15, 0.2) is 54.6 Å². The van der Waals surface area contributed by atoms with Crippen molar-refractivity contribution in [3.63, 3.8) is 0 Å². The van der Waals surface area contributed by atoms with Gasteiger partial charge in [-0.15, -0.1) is 0 Å². The molecule has 1 N–H and O–H groups in total. The van der Waals surface area contributed by atoms with Gasteiger partial charge in [0.2, 0.25) is 11.8 Å². The average Bonchev–Trinajstić information content (AvgIpc) is 3.48. The predicted octanol–water partition coefficient (Wildman–Crippen LogP) is 4.14. The first kappa shape index (κ1) is 19.4. The molecule has 1 atom stereocenters. The summed E-state index contributed by atoms with van der Waals surface area (Å²) in [7, 11) is 0. The highest BCUT2D eigenvalue weighted by molar-refractivity contribution is 6.30. The predicted molar refractivity (Wildman–Crippen MR) is 108 cm³/mol. The first-order chi connectivity index (χ1) is 13.0. The molecule has 27 heavy (non-hydrogen) atoms. The van der Waals surface area contributed by atoms with E-state index >= 15 is 0 Å². The minimum Gasteiger partial charge on any atom is -0.355 e. The molecule has 1 fully saturated rings. The lowest BCUT2D eigenvalue weighted by Gasteiger charge is -2.30. The first-order valence-corrected chi connectivity index (χ1v) is 9.79. The number of carbonyl (C=O) groups is 2. The maximum absolute atomic E-state index is 12.8. The van der Waals surface area contributed by atoms with Crippen molar-refractivity contribution in [2.75, 3.05) is 6.54 Å². The van der Waals surface area contributed by atoms with Gasteiger partial charge in [-0.3, -0.25) is 9.59 Å². The van der Waals surface area contributed by atoms with Gasteiger partial charge in [0.25, 0.3) is 0 Å². The van der Waals surface area contributed by atoms with Crippen LogP contribution in [0.1, 0.15) is 43.4 Å². The van der Waals surface area contributed by atoms with Crippen molar-refractivity contribution < 1.29 is 9.59 Å². The molecule has 1 unspecified atom stereocenters. The molecule has 4 nitrogen and oxygen atoms in total. The Morgan fingerprint density at radius 1 is 1.11 bits per heavy atom. The highest BCUT2D eigenvalue weighted by Gasteiger charge is 2.35. The van der Waals surface area contributed by atoms with Crippen LogP contribution in [0.3, 0.4) is 0 Å². The van der Waals surface area contributed by atoms with Crippen LogP contribution in [-0.4, -0.2) is 29.3 Å². The van der Waals surface area contributed by atoms with Crippen molar-refractivity contribution in [1.82, 2.24) is 10.2 Å². The Kier molecular flexibility index (Phi) is 6.51. The average molecular weight is 385 g/mol. The molecule has 0 aromatic heterocycles. The van der Waals surface area contributed by atoms with E-state index in [2.05, 4.69) is 5.32 Å². The number of hydrogen-bond donors (Lipinski definition) is 1. The van der Waals surface area contributed by atoms with Gasteiger partial charge in [0, 0.05) is 24.0 Å². The molecule has 1 aliphatic rings. The van der Waals surface area contributed by atoms with E-state index in [0.29, 0.717) is 30.5 Å². The third-order valence-electron chi connectivity index (χ3n) is 4.87. The zero-order valence-corrected chi connectivity index (χ0v) is 16.3. The Bertz CT molecular complexity index is 773. The summed E-state index contributed by atoms with van der Waals surface area (Å²) in [5.74, 6) is 0.0256. The quantitative estimate of drug-likeness (QED) is 0.743. The second kappa shape index (κ2) is 9.05. The topological polar surface area (TPSA) is 49.4 Å². The molecule has 0 spiro atoms. The minimum atomic E-state index is -0.0577. The smallest absolute Gasteiger partial charge is 0.225 e. The summed E-state index contributed by atoms with van der Waals surface area (Å²) in [6, 6.07) is 17.6. The van der Waals surface area contributed by atoms with Crippen LogP contribution in [0.4, 0.5) is 0 Å². The minimum absolute atomic E-state index is 0.00212. The van der Waals surface area contributed by atoms with E-state index in [1.54, 1.807) is 0 Å². The molecule has 1 aliphatic carbocycles. The number of carbonyl (C=O) groups excluding carboxylic acids is 2. The van der Waals surface area contributed by atoms with E-state index in [0.717, 1.165) is 24.0 Å². The van der Waals surface area contributed by atoms with Crippen molar-refractivity contribution in [1.29, 1.82) is 0 Å². The summed E-state index contributed by atoms with van der Waals surface area (Å²) < 4.78 is 0. The molecule has 0 aliphatic heterocycles. The normalized spacial score (nSPS) is 14.4. The van der Waals surface area contributed by atoms with E-state index in [9.17, 15) is 9.59 Å². The lowest BCUT2D eigenvalue weighted by Crippen LogP contribution is -2.38. The second-order valence-electron chi connectivity index (χ2n) is 7.02. The van der Waals surface area contributed by atoms with Crippen molar-refractivity contribution in [2.24, 2.45) is 0 Å². The fourth-order valence-corrected chi connectivity index (χ4v) is 3.40. The molecular weight excluding hydrogens is 360 g/mol. The van der Waals surface area contributed by atoms with E-state index < -0.39 is 0 Å². The van der Waals surface area contributed by atoms with Gasteiger partial charge >= 0.3 is 0 Å². The van der Waals surface area contributed by atoms with Gasteiger partial charge in [0.15, 0.2) is 0 Å². The van der Waals surface area contributed by atoms with E-state index in [-0.39, 0.29) is 17.9 Å². The highest BCUT2D eigenvalue weighted by Crippen LogP contribution is 2.35. The van der Waals surface area contributed by atoms with Gasteiger partial charge in [-0.05, 0) is 43.0 Å². The Morgan fingerprint density at radius 2 is 1.78 bits per heavy atom. The summed E-state index contributed by atoms with van der Waals surface area (Å²) in [4.78, 5) is 26.8. The maximum atomic E-state index is 12.8. The molecule has 2 aromatic carbocycles. The lowest BCUT2D eigenvalue weighted by molar-refractivity contribution is -0.134. The fourth-order valence-electron chi connectivity index (χ4n) is 3.27. The highest BCUT2D eigenvalue weighted by atomic mass is 35.5. The number of rotatable bonds is 8. The monoisotopic (exact) mass is 384 g/mol. The molecule has 2 amide bonds. The number of hydrogen-bond acceptors (Lipinski definition) is 2. The summed E-state index contributed by atoms with van der Waals surface area (Å²) >= 11 is 5.97. The zero-order valence-electron chi connectivity index (χ0n) is 15.5. The molecule has 142 valence electrons. The largest absolute Gasteiger partial charge is 0.355 e. The molecule has 0 saturated heterocycles. The van der Waals surface area contributed by atoms with Gasteiger partial charge in [0.05, 0.1) is 12.5 Å². The van der Waals surface area contributed by atoms with Crippen molar-refractivity contribution in [3.05, 3.63) is 70.7 Å². The number of nitrogens with zero attached hydrogens (tertiary/aromatic N) is 1. The summed E-state index contributed by atoms with van der Waals surface area (Å²) in [6.07, 6.45) is 2.74. The SMILES string of the molecule is CC(c1ccc(Cl)cc1)N(C(=O)CCNC(=O)Cc1ccccc1)C1CC1. The lowest BCUT2D eigenvalue weighted by atomic mass is 10.1. The van der Waals surface area contributed by atoms with Crippen LogP contribution in [0.2, 0.25) is 5.02 Å². The third kappa shape index (κ3) is 5.57. The molecule has 2 aromatic rings. The summed E-state index contributed by atoms with van der Waals surface area (Å²) in [5.41, 5.74) is 2.05. The molecule has 1 saturated carbocycles. The van der Waals surface area contributed by atoms with Crippen LogP contribution in [0, 0.1) is 0 Å². The molecule has 3 rings (SSSR count). The van der Waals surface area contributed by atoms with E-state index in [4.69, 9.17) is 11.6 Å². The number of halogens is 1. The van der Waals surface area contributed by atoms with Crippen LogP contribution >= 0.6 is 11.6 Å². The Labute approximate surface area is 165 Å². The Morgan fingerprint density at radius 3 is 2.41 bits per heavy atom. The van der Waals surface area contributed by atoms with Gasteiger partial charge in [-0.1, -0.05) is 54.1 Å². The molecule has 0 radical (unpaired) electrons. The molecule has 5 heteroatoms. The maximum Gasteiger partial charge on any atom is 0.225 e. The summed E-state index contributed by atoms with van der Waals surface area (Å²) in [6.45, 7) is 2.41. The number of amides is 2. The third-order valence-corrected chi connectivity index (χ3v) is 5.12. The van der Waals surface area contributed by atoms with Crippen LogP contribution in [-0.2, 0) is 16.0 Å². The van der Waals surface area contributed by atoms with Crippen molar-refractivity contribution in [2.45, 2.75) is 44.7 Å². The van der Waals surface area contributed by atoms with Crippen molar-refractivity contribution in [3.8, 4) is 0 Å². The van der Waals surface area contributed by atoms with Crippen LogP contribution in [0.5, 0.6) is 0 Å². The van der Waals surface area contributed by atoms with Gasteiger partial charge in [0.1, 0.15) is 0 Å². The van der Waals surface area contributed by atoms with Gasteiger partial charge in [-0.25, -0.2) is 0 Å². The van der Waals surface area contributed by atoms with Gasteiger partial charge in [-0.2, -0.15) is 0 Å². The van der Waals surface area contributed by atoms with Crippen LogP contribution in [0.25, 0.3) is 0 Å². The first-order valence-electron chi connectivity index (χ1n) is 9.42. The van der Waals surface area contributed by atoms with Crippen LogP contribution < -0.4 is 5.32 Å². The second-order valence-corrected chi connectivity index (χ2v) is 7.46.